The first-order chi connectivity index (χ1) is 9.10. The van der Waals surface area contributed by atoms with E-state index in [4.69, 9.17) is 0 Å². The van der Waals surface area contributed by atoms with Gasteiger partial charge in [-0.25, -0.2) is 0 Å². The van der Waals surface area contributed by atoms with E-state index >= 15 is 0 Å². The van der Waals surface area contributed by atoms with E-state index in [1.165, 1.54) is 22.7 Å². The van der Waals surface area contributed by atoms with Crippen molar-refractivity contribution in [1.82, 2.24) is 13.9 Å². The lowest BCUT2D eigenvalue weighted by atomic mass is 9.95. The Kier molecular flexibility index (Phi) is 5.57. The van der Waals surface area contributed by atoms with Crippen molar-refractivity contribution in [2.75, 3.05) is 27.2 Å². The van der Waals surface area contributed by atoms with Crippen LogP contribution in [0.25, 0.3) is 0 Å². The number of piperidine rings is 1. The highest BCUT2D eigenvalue weighted by Gasteiger charge is 2.34. The molecule has 1 fully saturated rings. The van der Waals surface area contributed by atoms with Gasteiger partial charge in [0, 0.05) is 32.7 Å². The average Bonchev–Trinajstić information content (AvgIpc) is 2.38. The summed E-state index contributed by atoms with van der Waals surface area (Å²) >= 11 is 0. The van der Waals surface area contributed by atoms with E-state index in [2.05, 4.69) is 5.32 Å². The third-order valence-electron chi connectivity index (χ3n) is 3.89. The second-order valence-electron chi connectivity index (χ2n) is 6.21. The summed E-state index contributed by atoms with van der Waals surface area (Å²) in [5.41, 5.74) is -0.250. The molecule has 20 heavy (non-hydrogen) atoms. The molecule has 0 aromatic rings. The highest BCUT2D eigenvalue weighted by Crippen LogP contribution is 2.21. The Morgan fingerprint density at radius 2 is 2.00 bits per heavy atom. The van der Waals surface area contributed by atoms with Crippen LogP contribution in [0.2, 0.25) is 0 Å². The van der Waals surface area contributed by atoms with Gasteiger partial charge in [-0.1, -0.05) is 6.92 Å². The van der Waals surface area contributed by atoms with Crippen LogP contribution in [-0.4, -0.2) is 55.7 Å². The number of carbonyl (C=O) groups is 1. The van der Waals surface area contributed by atoms with Crippen LogP contribution in [0.15, 0.2) is 0 Å². The molecule has 1 heterocycles. The van der Waals surface area contributed by atoms with E-state index in [0.717, 1.165) is 19.3 Å². The molecule has 1 atom stereocenters. The molecule has 6 nitrogen and oxygen atoms in total. The van der Waals surface area contributed by atoms with Crippen molar-refractivity contribution in [2.24, 2.45) is 5.92 Å². The molecule has 0 saturated carbocycles. The molecule has 1 aliphatic heterocycles. The fraction of sp³-hybridized carbons (Fsp3) is 0.923. The van der Waals surface area contributed by atoms with Crippen molar-refractivity contribution < 1.29 is 13.2 Å². The van der Waals surface area contributed by atoms with Crippen LogP contribution in [0.4, 0.5) is 0 Å². The normalized spacial score (nSPS) is 22.0. The molecular weight excluding hydrogens is 278 g/mol. The van der Waals surface area contributed by atoms with Crippen LogP contribution in [-0.2, 0) is 15.0 Å². The fourth-order valence-electron chi connectivity index (χ4n) is 2.12. The van der Waals surface area contributed by atoms with Gasteiger partial charge in [-0.15, -0.1) is 0 Å². The molecule has 0 aliphatic carbocycles. The van der Waals surface area contributed by atoms with Crippen LogP contribution in [0, 0.1) is 5.92 Å². The minimum atomic E-state index is -3.43. The molecule has 0 radical (unpaired) electrons. The molecule has 1 rings (SSSR count). The van der Waals surface area contributed by atoms with Gasteiger partial charge in [-0.3, -0.25) is 4.79 Å². The average molecular weight is 305 g/mol. The van der Waals surface area contributed by atoms with Gasteiger partial charge in [0.15, 0.2) is 0 Å². The zero-order valence-corrected chi connectivity index (χ0v) is 14.0. The van der Waals surface area contributed by atoms with Gasteiger partial charge in [0.2, 0.25) is 5.91 Å². The molecule has 1 N–H and O–H groups in total. The largest absolute Gasteiger partial charge is 0.351 e. The molecule has 0 aromatic heterocycles. The zero-order valence-electron chi connectivity index (χ0n) is 13.1. The van der Waals surface area contributed by atoms with Crippen LogP contribution in [0.1, 0.15) is 40.0 Å². The van der Waals surface area contributed by atoms with E-state index in [1.54, 1.807) is 0 Å². The maximum atomic E-state index is 12.3. The summed E-state index contributed by atoms with van der Waals surface area (Å²) in [6, 6.07) is 0. The van der Waals surface area contributed by atoms with Gasteiger partial charge in [0.1, 0.15) is 0 Å². The standard InChI is InChI=1S/C13H27N3O3S/c1-6-13(2,3)14-12(17)11-8-7-9-16(10-11)20(18,19)15(4)5/h11H,6-10H2,1-5H3,(H,14,17). The third-order valence-corrected chi connectivity index (χ3v) is 5.80. The van der Waals surface area contributed by atoms with Gasteiger partial charge >= 0.3 is 0 Å². The van der Waals surface area contributed by atoms with E-state index in [-0.39, 0.29) is 23.9 Å². The number of nitrogens with one attached hydrogen (secondary N) is 1. The van der Waals surface area contributed by atoms with Gasteiger partial charge in [-0.2, -0.15) is 17.0 Å². The number of hydrogen-bond donors (Lipinski definition) is 1. The lowest BCUT2D eigenvalue weighted by Gasteiger charge is -2.34. The molecule has 118 valence electrons. The molecule has 1 saturated heterocycles. The fourth-order valence-corrected chi connectivity index (χ4v) is 3.31. The predicted octanol–water partition coefficient (Wildman–Crippen LogP) is 0.810. The van der Waals surface area contributed by atoms with E-state index < -0.39 is 10.2 Å². The lowest BCUT2D eigenvalue weighted by Crippen LogP contribution is -2.52. The Bertz CT molecular complexity index is 446. The van der Waals surface area contributed by atoms with Crippen molar-refractivity contribution >= 4 is 16.1 Å². The van der Waals surface area contributed by atoms with Gasteiger partial charge in [-0.05, 0) is 33.1 Å². The summed E-state index contributed by atoms with van der Waals surface area (Å²) in [6.07, 6.45) is 2.30. The molecule has 1 amide bonds. The van der Waals surface area contributed by atoms with Crippen molar-refractivity contribution in [1.29, 1.82) is 0 Å². The number of carbonyl (C=O) groups excluding carboxylic acids is 1. The van der Waals surface area contributed by atoms with E-state index in [1.807, 2.05) is 20.8 Å². The van der Waals surface area contributed by atoms with Crippen molar-refractivity contribution in [2.45, 2.75) is 45.6 Å². The lowest BCUT2D eigenvalue weighted by molar-refractivity contribution is -0.127. The SMILES string of the molecule is CCC(C)(C)NC(=O)C1CCCN(S(=O)(=O)N(C)C)C1. The first-order valence-corrected chi connectivity index (χ1v) is 8.49. The van der Waals surface area contributed by atoms with Crippen LogP contribution >= 0.6 is 0 Å². The predicted molar refractivity (Wildman–Crippen MR) is 79.4 cm³/mol. The van der Waals surface area contributed by atoms with Gasteiger partial charge in [0.25, 0.3) is 10.2 Å². The first kappa shape index (κ1) is 17.4. The molecule has 7 heteroatoms. The number of hydrogen-bond acceptors (Lipinski definition) is 3. The number of amides is 1. The quantitative estimate of drug-likeness (QED) is 0.817. The monoisotopic (exact) mass is 305 g/mol. The number of rotatable bonds is 5. The molecule has 0 spiro atoms. The summed E-state index contributed by atoms with van der Waals surface area (Å²) in [7, 11) is -0.403. The summed E-state index contributed by atoms with van der Waals surface area (Å²) in [4.78, 5) is 12.3. The summed E-state index contributed by atoms with van der Waals surface area (Å²) in [5, 5.41) is 3.00. The highest BCUT2D eigenvalue weighted by atomic mass is 32.2. The zero-order chi connectivity index (χ0) is 15.6. The number of nitrogens with zero attached hydrogens (tertiary/aromatic N) is 2. The molecule has 1 unspecified atom stereocenters. The van der Waals surface area contributed by atoms with Crippen molar-refractivity contribution in [3.05, 3.63) is 0 Å². The molecule has 0 bridgehead atoms. The molecular formula is C13H27N3O3S. The Balaban J connectivity index is 2.73. The van der Waals surface area contributed by atoms with Crippen molar-refractivity contribution in [3.63, 3.8) is 0 Å². The first-order valence-electron chi connectivity index (χ1n) is 7.10. The van der Waals surface area contributed by atoms with Gasteiger partial charge < -0.3 is 5.32 Å². The Morgan fingerprint density at radius 1 is 1.40 bits per heavy atom. The van der Waals surface area contributed by atoms with Crippen LogP contribution in [0.5, 0.6) is 0 Å². The maximum absolute atomic E-state index is 12.3. The smallest absolute Gasteiger partial charge is 0.281 e. The van der Waals surface area contributed by atoms with Crippen LogP contribution < -0.4 is 5.32 Å². The minimum Gasteiger partial charge on any atom is -0.351 e. The second-order valence-corrected chi connectivity index (χ2v) is 8.36. The van der Waals surface area contributed by atoms with E-state index in [0.29, 0.717) is 6.54 Å². The Hall–Kier alpha value is -0.660. The van der Waals surface area contributed by atoms with Crippen LogP contribution in [0.3, 0.4) is 0 Å². The molecule has 0 aromatic carbocycles. The molecule has 1 aliphatic rings. The topological polar surface area (TPSA) is 69.7 Å². The Labute approximate surface area is 122 Å². The summed E-state index contributed by atoms with van der Waals surface area (Å²) in [6.45, 7) is 6.72. The maximum Gasteiger partial charge on any atom is 0.281 e. The highest BCUT2D eigenvalue weighted by molar-refractivity contribution is 7.86. The van der Waals surface area contributed by atoms with E-state index in [9.17, 15) is 13.2 Å². The second kappa shape index (κ2) is 6.41. The van der Waals surface area contributed by atoms with Gasteiger partial charge in [0.05, 0.1) is 5.92 Å². The van der Waals surface area contributed by atoms with Crippen molar-refractivity contribution in [3.8, 4) is 0 Å². The Morgan fingerprint density at radius 3 is 2.50 bits per heavy atom. The summed E-state index contributed by atoms with van der Waals surface area (Å²) in [5.74, 6) is -0.306. The summed E-state index contributed by atoms with van der Waals surface area (Å²) < 4.78 is 26.8. The third kappa shape index (κ3) is 4.17. The minimum absolute atomic E-state index is 0.0458.